The number of likely N-dealkylation sites (N-methyl/N-ethyl adjacent to an activating group) is 1. The average Bonchev–Trinajstić information content (AvgIpc) is 2.43. The van der Waals surface area contributed by atoms with Gasteiger partial charge in [0.15, 0.2) is 0 Å². The first kappa shape index (κ1) is 15.5. The van der Waals surface area contributed by atoms with Crippen molar-refractivity contribution in [3.05, 3.63) is 35.9 Å². The quantitative estimate of drug-likeness (QED) is 0.825. The molecule has 1 aliphatic heterocycles. The van der Waals surface area contributed by atoms with Gasteiger partial charge < -0.3 is 10.2 Å². The molecule has 0 spiro atoms. The maximum absolute atomic E-state index is 12.0. The Morgan fingerprint density at radius 1 is 1.29 bits per heavy atom. The zero-order valence-corrected chi connectivity index (χ0v) is 12.3. The van der Waals surface area contributed by atoms with Crippen molar-refractivity contribution in [3.63, 3.8) is 0 Å². The molecule has 0 bridgehead atoms. The van der Waals surface area contributed by atoms with Crippen LogP contribution in [0.1, 0.15) is 12.5 Å². The van der Waals surface area contributed by atoms with Crippen LogP contribution >= 0.6 is 0 Å². The molecule has 2 atom stereocenters. The van der Waals surface area contributed by atoms with Crippen LogP contribution in [0.15, 0.2) is 30.3 Å². The lowest BCUT2D eigenvalue weighted by molar-refractivity contribution is -0.915. The minimum atomic E-state index is -1.38. The largest absolute Gasteiger partial charge is 0.514 e. The van der Waals surface area contributed by atoms with Gasteiger partial charge >= 0.3 is 12.1 Å². The van der Waals surface area contributed by atoms with Crippen molar-refractivity contribution in [2.45, 2.75) is 19.0 Å². The van der Waals surface area contributed by atoms with E-state index in [1.165, 1.54) is 6.92 Å². The molecule has 1 saturated heterocycles. The molecule has 1 fully saturated rings. The summed E-state index contributed by atoms with van der Waals surface area (Å²) in [5.41, 5.74) is -0.550. The number of hydrogen-bond donors (Lipinski definition) is 2. The van der Waals surface area contributed by atoms with E-state index in [1.807, 2.05) is 42.3 Å². The fraction of sp³-hybridized carbons (Fsp3) is 0.467. The molecule has 0 saturated carbocycles. The van der Waals surface area contributed by atoms with Gasteiger partial charge in [-0.2, -0.15) is 4.79 Å². The second-order valence-corrected chi connectivity index (χ2v) is 5.93. The van der Waals surface area contributed by atoms with Gasteiger partial charge in [-0.1, -0.05) is 30.3 Å². The average molecular weight is 293 g/mol. The van der Waals surface area contributed by atoms with Gasteiger partial charge in [0.2, 0.25) is 5.54 Å². The molecule has 1 amide bonds. The number of hydrogen-bond acceptors (Lipinski definition) is 3. The molecule has 1 aromatic rings. The molecule has 2 N–H and O–H groups in total. The lowest BCUT2D eigenvalue weighted by Crippen LogP contribution is -2.76. The standard InChI is InChI=1S/C15H20N2O4/c1-15(13(18)19)11-16(2)8-9-17(15,14(20)21)10-12-6-4-3-5-7-12/h3-7H,8-11H2,1-2H3,(H-,18,19,20,21)/p+1. The smallest absolute Gasteiger partial charge is 0.477 e. The molecule has 0 radical (unpaired) electrons. The maximum Gasteiger partial charge on any atom is 0.514 e. The van der Waals surface area contributed by atoms with Crippen LogP contribution in [0.5, 0.6) is 0 Å². The van der Waals surface area contributed by atoms with Crippen molar-refractivity contribution in [2.24, 2.45) is 0 Å². The molecule has 21 heavy (non-hydrogen) atoms. The van der Waals surface area contributed by atoms with E-state index in [-0.39, 0.29) is 19.6 Å². The number of piperazine rings is 1. The Bertz CT molecular complexity index is 548. The Labute approximate surface area is 123 Å². The van der Waals surface area contributed by atoms with E-state index >= 15 is 0 Å². The first-order chi connectivity index (χ1) is 9.82. The predicted molar refractivity (Wildman–Crippen MR) is 76.8 cm³/mol. The van der Waals surface area contributed by atoms with Gasteiger partial charge in [0.1, 0.15) is 13.1 Å². The van der Waals surface area contributed by atoms with Crippen LogP contribution in [0, 0.1) is 0 Å². The number of benzene rings is 1. The Balaban J connectivity index is 2.48. The summed E-state index contributed by atoms with van der Waals surface area (Å²) in [4.78, 5) is 25.7. The third-order valence-electron chi connectivity index (χ3n) is 4.51. The summed E-state index contributed by atoms with van der Waals surface area (Å²) in [6, 6.07) is 9.20. The Hall–Kier alpha value is -1.92. The number of amides is 1. The zero-order valence-electron chi connectivity index (χ0n) is 12.3. The van der Waals surface area contributed by atoms with Crippen molar-refractivity contribution in [3.8, 4) is 0 Å². The highest BCUT2D eigenvalue weighted by Crippen LogP contribution is 2.33. The molecule has 2 unspecified atom stereocenters. The monoisotopic (exact) mass is 293 g/mol. The lowest BCUT2D eigenvalue weighted by Gasteiger charge is -2.49. The van der Waals surface area contributed by atoms with E-state index in [0.29, 0.717) is 6.54 Å². The van der Waals surface area contributed by atoms with Gasteiger partial charge in [-0.05, 0) is 7.05 Å². The molecule has 6 heteroatoms. The van der Waals surface area contributed by atoms with E-state index in [4.69, 9.17) is 0 Å². The summed E-state index contributed by atoms with van der Waals surface area (Å²) in [5, 5.41) is 19.5. The van der Waals surface area contributed by atoms with Crippen LogP contribution in [0.25, 0.3) is 0 Å². The van der Waals surface area contributed by atoms with Gasteiger partial charge in [-0.25, -0.2) is 9.28 Å². The van der Waals surface area contributed by atoms with Crippen molar-refractivity contribution in [1.29, 1.82) is 0 Å². The summed E-state index contributed by atoms with van der Waals surface area (Å²) in [5.74, 6) is -1.08. The summed E-state index contributed by atoms with van der Waals surface area (Å²) in [7, 11) is 1.82. The number of carboxylic acids is 1. The van der Waals surface area contributed by atoms with Crippen LogP contribution in [0.3, 0.4) is 0 Å². The van der Waals surface area contributed by atoms with Crippen molar-refractivity contribution in [1.82, 2.24) is 4.90 Å². The van der Waals surface area contributed by atoms with Gasteiger partial charge in [0, 0.05) is 19.0 Å². The molecule has 0 aliphatic carbocycles. The number of rotatable bonds is 3. The molecule has 0 aromatic heterocycles. The number of carboxylic acid groups (broad SMARTS) is 2. The van der Waals surface area contributed by atoms with Gasteiger partial charge in [-0.3, -0.25) is 4.90 Å². The van der Waals surface area contributed by atoms with Crippen molar-refractivity contribution >= 4 is 12.1 Å². The maximum atomic E-state index is 12.0. The normalized spacial score (nSPS) is 30.0. The van der Waals surface area contributed by atoms with Crippen LogP contribution in [-0.2, 0) is 11.3 Å². The number of carbonyl (C=O) groups is 2. The first-order valence-electron chi connectivity index (χ1n) is 6.88. The second-order valence-electron chi connectivity index (χ2n) is 5.93. The van der Waals surface area contributed by atoms with Crippen LogP contribution in [0.2, 0.25) is 0 Å². The fourth-order valence-corrected chi connectivity index (χ4v) is 3.10. The summed E-state index contributed by atoms with van der Waals surface area (Å²) < 4.78 is -0.476. The van der Waals surface area contributed by atoms with Crippen molar-refractivity contribution < 1.29 is 24.3 Å². The third-order valence-corrected chi connectivity index (χ3v) is 4.51. The molecular weight excluding hydrogens is 272 g/mol. The van der Waals surface area contributed by atoms with Crippen LogP contribution in [-0.4, -0.2) is 63.9 Å². The summed E-state index contributed by atoms with van der Waals surface area (Å²) >= 11 is 0. The molecule has 1 aromatic carbocycles. The number of nitrogens with zero attached hydrogens (tertiary/aromatic N) is 2. The predicted octanol–water partition coefficient (Wildman–Crippen LogP) is 1.47. The SMILES string of the molecule is CN1CC[N+](Cc2ccccc2)(C(=O)O)C(C)(C(=O)O)C1. The minimum absolute atomic E-state index is 0.173. The third kappa shape index (κ3) is 2.52. The van der Waals surface area contributed by atoms with Crippen LogP contribution < -0.4 is 0 Å². The Kier molecular flexibility index (Phi) is 4.02. The van der Waals surface area contributed by atoms with Gasteiger partial charge in [-0.15, -0.1) is 0 Å². The highest BCUT2D eigenvalue weighted by molar-refractivity contribution is 5.79. The molecule has 114 valence electrons. The number of aliphatic carboxylic acids is 1. The second kappa shape index (κ2) is 5.46. The van der Waals surface area contributed by atoms with E-state index < -0.39 is 22.1 Å². The highest BCUT2D eigenvalue weighted by atomic mass is 16.4. The molecule has 1 heterocycles. The number of quaternary nitrogens is 1. The first-order valence-corrected chi connectivity index (χ1v) is 6.88. The Morgan fingerprint density at radius 2 is 1.90 bits per heavy atom. The van der Waals surface area contributed by atoms with Gasteiger partial charge in [0.25, 0.3) is 0 Å². The van der Waals surface area contributed by atoms with E-state index in [1.54, 1.807) is 0 Å². The minimum Gasteiger partial charge on any atom is -0.477 e. The molecule has 1 aliphatic rings. The molecule has 6 nitrogen and oxygen atoms in total. The Morgan fingerprint density at radius 3 is 2.43 bits per heavy atom. The lowest BCUT2D eigenvalue weighted by atomic mass is 9.91. The highest BCUT2D eigenvalue weighted by Gasteiger charge is 2.61. The van der Waals surface area contributed by atoms with Crippen molar-refractivity contribution in [2.75, 3.05) is 26.7 Å². The topological polar surface area (TPSA) is 77.8 Å². The fourth-order valence-electron chi connectivity index (χ4n) is 3.10. The molecule has 2 rings (SSSR count). The van der Waals surface area contributed by atoms with E-state index in [2.05, 4.69) is 0 Å². The van der Waals surface area contributed by atoms with Gasteiger partial charge in [0.05, 0.1) is 6.54 Å². The molecular formula is C15H21N2O4+. The summed E-state index contributed by atoms with van der Waals surface area (Å²) in [6.07, 6.45) is -1.09. The van der Waals surface area contributed by atoms with Crippen LogP contribution in [0.4, 0.5) is 4.79 Å². The van der Waals surface area contributed by atoms with E-state index in [9.17, 15) is 19.8 Å². The van der Waals surface area contributed by atoms with E-state index in [0.717, 1.165) is 5.56 Å². The summed E-state index contributed by atoms with van der Waals surface area (Å²) in [6.45, 7) is 2.74. The zero-order chi connectivity index (χ0) is 15.7.